The van der Waals surface area contributed by atoms with Gasteiger partial charge in [-0.25, -0.2) is 0 Å². The summed E-state index contributed by atoms with van der Waals surface area (Å²) < 4.78 is 29.1. The number of carboxylic acids is 1. The maximum absolute atomic E-state index is 12.3. The normalized spacial score (nSPS) is 14.2. The van der Waals surface area contributed by atoms with Gasteiger partial charge >= 0.3 is 12.6 Å². The molecule has 0 bridgehead atoms. The van der Waals surface area contributed by atoms with E-state index >= 15 is 0 Å². The minimum atomic E-state index is -2.91. The highest BCUT2D eigenvalue weighted by Crippen LogP contribution is 2.28. The van der Waals surface area contributed by atoms with Gasteiger partial charge in [-0.05, 0) is 19.4 Å². The average Bonchev–Trinajstić information content (AvgIpc) is 2.35. The van der Waals surface area contributed by atoms with Crippen LogP contribution in [0, 0.1) is 0 Å². The van der Waals surface area contributed by atoms with Crippen molar-refractivity contribution in [2.45, 2.75) is 39.0 Å². The van der Waals surface area contributed by atoms with E-state index in [9.17, 15) is 13.6 Å². The number of ether oxygens (including phenoxy) is 1. The highest BCUT2D eigenvalue weighted by atomic mass is 19.3. The van der Waals surface area contributed by atoms with Gasteiger partial charge in [-0.1, -0.05) is 25.1 Å². The van der Waals surface area contributed by atoms with Crippen molar-refractivity contribution in [3.05, 3.63) is 29.8 Å². The molecular weight excluding hydrogens is 256 g/mol. The Bertz CT molecular complexity index is 426. The van der Waals surface area contributed by atoms with Crippen LogP contribution >= 0.6 is 0 Å². The number of carboxylic acid groups (broad SMARTS) is 1. The molecule has 2 N–H and O–H groups in total. The van der Waals surface area contributed by atoms with Gasteiger partial charge in [0.25, 0.3) is 0 Å². The van der Waals surface area contributed by atoms with Crippen LogP contribution in [0.25, 0.3) is 0 Å². The molecule has 19 heavy (non-hydrogen) atoms. The smallest absolute Gasteiger partial charge is 0.387 e. The zero-order chi connectivity index (χ0) is 14.4. The molecule has 2 atom stereocenters. The highest BCUT2D eigenvalue weighted by Gasteiger charge is 2.20. The van der Waals surface area contributed by atoms with Crippen LogP contribution in [0.2, 0.25) is 0 Å². The molecule has 0 saturated heterocycles. The number of aliphatic carboxylic acids is 1. The van der Waals surface area contributed by atoms with E-state index in [0.29, 0.717) is 12.0 Å². The van der Waals surface area contributed by atoms with E-state index in [1.54, 1.807) is 18.2 Å². The summed E-state index contributed by atoms with van der Waals surface area (Å²) in [6.45, 7) is 0.433. The fraction of sp³-hybridized carbons (Fsp3) is 0.462. The lowest BCUT2D eigenvalue weighted by Crippen LogP contribution is -2.36. The Balaban J connectivity index is 2.94. The first-order chi connectivity index (χ1) is 8.95. The summed E-state index contributed by atoms with van der Waals surface area (Å²) in [4.78, 5) is 10.8. The topological polar surface area (TPSA) is 58.6 Å². The van der Waals surface area contributed by atoms with E-state index in [1.807, 2.05) is 6.92 Å². The number of para-hydroxylation sites is 1. The van der Waals surface area contributed by atoms with Crippen molar-refractivity contribution in [1.82, 2.24) is 5.32 Å². The maximum atomic E-state index is 12.3. The third-order valence-electron chi connectivity index (χ3n) is 2.74. The highest BCUT2D eigenvalue weighted by molar-refractivity contribution is 5.72. The van der Waals surface area contributed by atoms with Crippen LogP contribution in [0.3, 0.4) is 0 Å². The lowest BCUT2D eigenvalue weighted by atomic mass is 10.0. The molecule has 6 heteroatoms. The second-order valence-corrected chi connectivity index (χ2v) is 4.10. The molecule has 2 unspecified atom stereocenters. The molecule has 4 nitrogen and oxygen atoms in total. The number of benzene rings is 1. The number of hydrogen-bond donors (Lipinski definition) is 2. The number of carbonyl (C=O) groups is 1. The van der Waals surface area contributed by atoms with Gasteiger partial charge < -0.3 is 9.84 Å². The zero-order valence-electron chi connectivity index (χ0n) is 10.8. The quantitative estimate of drug-likeness (QED) is 0.802. The van der Waals surface area contributed by atoms with Gasteiger partial charge in [0.15, 0.2) is 0 Å². The Morgan fingerprint density at radius 2 is 2.05 bits per heavy atom. The van der Waals surface area contributed by atoms with Gasteiger partial charge in [0.2, 0.25) is 0 Å². The van der Waals surface area contributed by atoms with Crippen molar-refractivity contribution < 1.29 is 23.4 Å². The van der Waals surface area contributed by atoms with Crippen LogP contribution in [0.4, 0.5) is 8.78 Å². The van der Waals surface area contributed by atoms with Crippen LogP contribution in [0.15, 0.2) is 24.3 Å². The molecule has 0 aromatic heterocycles. The minimum Gasteiger partial charge on any atom is -0.480 e. The first kappa shape index (κ1) is 15.4. The molecule has 1 aromatic carbocycles. The SMILES string of the molecule is CCC(NC(C)C(=O)O)c1ccccc1OC(F)F. The van der Waals surface area contributed by atoms with Crippen molar-refractivity contribution in [1.29, 1.82) is 0 Å². The monoisotopic (exact) mass is 273 g/mol. The summed E-state index contributed by atoms with van der Waals surface area (Å²) in [6.07, 6.45) is 0.557. The summed E-state index contributed by atoms with van der Waals surface area (Å²) in [5, 5.41) is 11.7. The van der Waals surface area contributed by atoms with E-state index < -0.39 is 18.6 Å². The maximum Gasteiger partial charge on any atom is 0.387 e. The van der Waals surface area contributed by atoms with Gasteiger partial charge in [0.05, 0.1) is 0 Å². The molecule has 1 aromatic rings. The summed E-state index contributed by atoms with van der Waals surface area (Å²) in [5.41, 5.74) is 0.526. The fourth-order valence-electron chi connectivity index (χ4n) is 1.77. The Kier molecular flexibility index (Phi) is 5.69. The van der Waals surface area contributed by atoms with Gasteiger partial charge in [-0.2, -0.15) is 8.78 Å². The Morgan fingerprint density at radius 3 is 2.58 bits per heavy atom. The van der Waals surface area contributed by atoms with Gasteiger partial charge in [0, 0.05) is 11.6 Å². The molecule has 0 aliphatic carbocycles. The van der Waals surface area contributed by atoms with Crippen LogP contribution in [0.1, 0.15) is 31.9 Å². The first-order valence-electron chi connectivity index (χ1n) is 5.98. The van der Waals surface area contributed by atoms with Gasteiger partial charge in [0.1, 0.15) is 11.8 Å². The predicted octanol–water partition coefficient (Wildman–Crippen LogP) is 2.80. The van der Waals surface area contributed by atoms with Gasteiger partial charge in [-0.15, -0.1) is 0 Å². The third kappa shape index (κ3) is 4.48. The average molecular weight is 273 g/mol. The van der Waals surface area contributed by atoms with E-state index in [4.69, 9.17) is 5.11 Å². The van der Waals surface area contributed by atoms with Crippen LogP contribution < -0.4 is 10.1 Å². The molecule has 0 saturated carbocycles. The van der Waals surface area contributed by atoms with Crippen LogP contribution in [0.5, 0.6) is 5.75 Å². The predicted molar refractivity (Wildman–Crippen MR) is 66.3 cm³/mol. The molecule has 0 fully saturated rings. The summed E-state index contributed by atoms with van der Waals surface area (Å²) >= 11 is 0. The molecule has 0 amide bonds. The van der Waals surface area contributed by atoms with E-state index in [1.165, 1.54) is 13.0 Å². The second kappa shape index (κ2) is 7.04. The van der Waals surface area contributed by atoms with Gasteiger partial charge in [-0.3, -0.25) is 10.1 Å². The Morgan fingerprint density at radius 1 is 1.42 bits per heavy atom. The number of halogens is 2. The van der Waals surface area contributed by atoms with Crippen LogP contribution in [-0.4, -0.2) is 23.7 Å². The minimum absolute atomic E-state index is 0.0643. The molecule has 1 rings (SSSR count). The summed E-state index contributed by atoms with van der Waals surface area (Å²) in [6, 6.07) is 5.24. The van der Waals surface area contributed by atoms with Crippen molar-refractivity contribution in [3.63, 3.8) is 0 Å². The molecular formula is C13H17F2NO3. The summed E-state index contributed by atoms with van der Waals surface area (Å²) in [7, 11) is 0. The third-order valence-corrected chi connectivity index (χ3v) is 2.74. The fourth-order valence-corrected chi connectivity index (χ4v) is 1.77. The lowest BCUT2D eigenvalue weighted by molar-refractivity contribution is -0.139. The van der Waals surface area contributed by atoms with Crippen molar-refractivity contribution >= 4 is 5.97 Å². The van der Waals surface area contributed by atoms with Crippen molar-refractivity contribution in [3.8, 4) is 5.75 Å². The molecule has 0 heterocycles. The standard InChI is InChI=1S/C13H17F2NO3/c1-3-10(16-8(2)12(17)18)9-6-4-5-7-11(9)19-13(14)15/h4-8,10,13,16H,3H2,1-2H3,(H,17,18). The largest absolute Gasteiger partial charge is 0.480 e. The van der Waals surface area contributed by atoms with Crippen molar-refractivity contribution in [2.75, 3.05) is 0 Å². The second-order valence-electron chi connectivity index (χ2n) is 4.10. The Labute approximate surface area is 110 Å². The summed E-state index contributed by atoms with van der Waals surface area (Å²) in [5.74, 6) is -0.930. The number of hydrogen-bond acceptors (Lipinski definition) is 3. The van der Waals surface area contributed by atoms with Crippen LogP contribution in [-0.2, 0) is 4.79 Å². The van der Waals surface area contributed by atoms with E-state index in [2.05, 4.69) is 10.1 Å². The first-order valence-corrected chi connectivity index (χ1v) is 5.98. The number of rotatable bonds is 7. The lowest BCUT2D eigenvalue weighted by Gasteiger charge is -2.22. The molecule has 0 aliphatic rings. The van der Waals surface area contributed by atoms with E-state index in [0.717, 1.165) is 0 Å². The van der Waals surface area contributed by atoms with Crippen molar-refractivity contribution in [2.24, 2.45) is 0 Å². The number of alkyl halides is 2. The molecule has 0 radical (unpaired) electrons. The molecule has 106 valence electrons. The zero-order valence-corrected chi connectivity index (χ0v) is 10.8. The molecule has 0 spiro atoms. The number of nitrogens with one attached hydrogen (secondary N) is 1. The molecule has 0 aliphatic heterocycles. The Hall–Kier alpha value is -1.69. The van der Waals surface area contributed by atoms with E-state index in [-0.39, 0.29) is 11.8 Å².